The van der Waals surface area contributed by atoms with Gasteiger partial charge < -0.3 is 10.6 Å². The van der Waals surface area contributed by atoms with Crippen LogP contribution in [-0.2, 0) is 14.6 Å². The van der Waals surface area contributed by atoms with Crippen molar-refractivity contribution >= 4 is 21.4 Å². The molecule has 0 radical (unpaired) electrons. The average Bonchev–Trinajstić information content (AvgIpc) is 2.74. The number of hydrogen-bond acceptors (Lipinski definition) is 4. The molecule has 0 spiro atoms. The van der Waals surface area contributed by atoms with Crippen molar-refractivity contribution in [3.8, 4) is 0 Å². The van der Waals surface area contributed by atoms with Gasteiger partial charge >= 0.3 is 0 Å². The maximum Gasteiger partial charge on any atom is 0.221 e. The van der Waals surface area contributed by atoms with E-state index in [0.717, 1.165) is 24.1 Å². The van der Waals surface area contributed by atoms with Crippen LogP contribution in [0.1, 0.15) is 38.3 Å². The number of amides is 1. The highest BCUT2D eigenvalue weighted by atomic mass is 32.2. The van der Waals surface area contributed by atoms with Crippen LogP contribution in [0.25, 0.3) is 0 Å². The van der Waals surface area contributed by atoms with Crippen LogP contribution in [0.5, 0.6) is 0 Å². The van der Waals surface area contributed by atoms with E-state index in [0.29, 0.717) is 12.3 Å². The van der Waals surface area contributed by atoms with E-state index < -0.39 is 9.84 Å². The second kappa shape index (κ2) is 6.58. The topological polar surface area (TPSA) is 75.3 Å². The molecule has 116 valence electrons. The number of hydrogen-bond donors (Lipinski definition) is 2. The summed E-state index contributed by atoms with van der Waals surface area (Å²) < 4.78 is 23.6. The zero-order valence-corrected chi connectivity index (χ0v) is 13.2. The van der Waals surface area contributed by atoms with Crippen LogP contribution >= 0.6 is 0 Å². The van der Waals surface area contributed by atoms with Gasteiger partial charge in [0.1, 0.15) is 0 Å². The Balaban J connectivity index is 1.97. The highest BCUT2D eigenvalue weighted by Gasteiger charge is 2.31. The van der Waals surface area contributed by atoms with Crippen LogP contribution in [0, 0.1) is 0 Å². The number of carbonyl (C=O) groups excluding carboxylic acids is 1. The summed E-state index contributed by atoms with van der Waals surface area (Å²) in [6.07, 6.45) is 1.51. The Bertz CT molecular complexity index is 613. The molecule has 21 heavy (non-hydrogen) atoms. The first-order valence-corrected chi connectivity index (χ1v) is 8.92. The van der Waals surface area contributed by atoms with E-state index in [9.17, 15) is 13.2 Å². The lowest BCUT2D eigenvalue weighted by molar-refractivity contribution is -0.114. The second-order valence-corrected chi connectivity index (χ2v) is 7.97. The van der Waals surface area contributed by atoms with Gasteiger partial charge in [0.05, 0.1) is 11.0 Å². The van der Waals surface area contributed by atoms with Crippen LogP contribution in [-0.4, -0.2) is 31.9 Å². The normalized spacial score (nSPS) is 21.9. The molecule has 2 unspecified atom stereocenters. The quantitative estimate of drug-likeness (QED) is 0.870. The van der Waals surface area contributed by atoms with Gasteiger partial charge in [-0.25, -0.2) is 8.42 Å². The second-order valence-electron chi connectivity index (χ2n) is 5.57. The summed E-state index contributed by atoms with van der Waals surface area (Å²) in [5.74, 6) is 0.205. The predicted molar refractivity (Wildman–Crippen MR) is 84.0 cm³/mol. The molecule has 1 aromatic rings. The van der Waals surface area contributed by atoms with E-state index in [1.54, 1.807) is 0 Å². The maximum absolute atomic E-state index is 11.8. The van der Waals surface area contributed by atoms with Crippen LogP contribution in [0.4, 0.5) is 5.69 Å². The molecule has 1 fully saturated rings. The molecule has 1 aliphatic heterocycles. The highest BCUT2D eigenvalue weighted by Crippen LogP contribution is 2.21. The zero-order valence-electron chi connectivity index (χ0n) is 12.4. The highest BCUT2D eigenvalue weighted by molar-refractivity contribution is 7.92. The summed E-state index contributed by atoms with van der Waals surface area (Å²) in [6.45, 7) is 3.95. The summed E-state index contributed by atoms with van der Waals surface area (Å²) >= 11 is 0. The lowest BCUT2D eigenvalue weighted by Crippen LogP contribution is -2.32. The van der Waals surface area contributed by atoms with Gasteiger partial charge in [0.15, 0.2) is 9.84 Å². The van der Waals surface area contributed by atoms with E-state index in [1.807, 2.05) is 31.2 Å². The minimum absolute atomic E-state index is 0.0366. The Morgan fingerprint density at radius 2 is 2.19 bits per heavy atom. The Labute approximate surface area is 126 Å². The summed E-state index contributed by atoms with van der Waals surface area (Å²) in [4.78, 5) is 11.1. The largest absolute Gasteiger partial charge is 0.326 e. The number of benzene rings is 1. The minimum Gasteiger partial charge on any atom is -0.326 e. The van der Waals surface area contributed by atoms with Crippen molar-refractivity contribution in [1.82, 2.24) is 5.32 Å². The Morgan fingerprint density at radius 3 is 2.81 bits per heavy atom. The lowest BCUT2D eigenvalue weighted by atomic mass is 10.1. The summed E-state index contributed by atoms with van der Waals surface area (Å²) in [5.41, 5.74) is 1.78. The molecule has 2 N–H and O–H groups in total. The zero-order chi connectivity index (χ0) is 15.5. The SMILES string of the molecule is CC(=O)Nc1cccc(C(C)NCC2CCCS2(=O)=O)c1. The first-order valence-electron chi connectivity index (χ1n) is 7.21. The van der Waals surface area contributed by atoms with Crippen molar-refractivity contribution < 1.29 is 13.2 Å². The third-order valence-electron chi connectivity index (χ3n) is 3.82. The smallest absolute Gasteiger partial charge is 0.221 e. The van der Waals surface area contributed by atoms with Crippen molar-refractivity contribution in [3.05, 3.63) is 29.8 Å². The summed E-state index contributed by atoms with van der Waals surface area (Å²) in [6, 6.07) is 7.62. The van der Waals surface area contributed by atoms with Gasteiger partial charge in [-0.15, -0.1) is 0 Å². The number of nitrogens with one attached hydrogen (secondary N) is 2. The Kier molecular flexibility index (Phi) is 5.00. The molecule has 1 heterocycles. The molecule has 2 rings (SSSR count). The third kappa shape index (κ3) is 4.28. The monoisotopic (exact) mass is 310 g/mol. The first kappa shape index (κ1) is 16.0. The van der Waals surface area contributed by atoms with Crippen molar-refractivity contribution in [3.63, 3.8) is 0 Å². The fourth-order valence-corrected chi connectivity index (χ4v) is 4.38. The molecule has 0 saturated carbocycles. The average molecular weight is 310 g/mol. The van der Waals surface area contributed by atoms with Gasteiger partial charge in [-0.2, -0.15) is 0 Å². The number of anilines is 1. The molecular formula is C15H22N2O3S. The molecule has 0 bridgehead atoms. The number of sulfone groups is 1. The lowest BCUT2D eigenvalue weighted by Gasteiger charge is -2.18. The molecule has 6 heteroatoms. The van der Waals surface area contributed by atoms with E-state index in [4.69, 9.17) is 0 Å². The maximum atomic E-state index is 11.8. The van der Waals surface area contributed by atoms with Gasteiger partial charge in [-0.05, 0) is 37.5 Å². The van der Waals surface area contributed by atoms with Crippen molar-refractivity contribution in [1.29, 1.82) is 0 Å². The number of rotatable bonds is 5. The van der Waals surface area contributed by atoms with Gasteiger partial charge in [-0.3, -0.25) is 4.79 Å². The predicted octanol–water partition coefficient (Wildman–Crippen LogP) is 1.87. The Hall–Kier alpha value is -1.40. The fourth-order valence-electron chi connectivity index (χ4n) is 2.60. The van der Waals surface area contributed by atoms with Crippen LogP contribution in [0.2, 0.25) is 0 Å². The van der Waals surface area contributed by atoms with Crippen molar-refractivity contribution in [2.45, 2.75) is 38.0 Å². The number of carbonyl (C=O) groups is 1. The van der Waals surface area contributed by atoms with Gasteiger partial charge in [0, 0.05) is 25.2 Å². The molecule has 2 atom stereocenters. The van der Waals surface area contributed by atoms with Crippen molar-refractivity contribution in [2.24, 2.45) is 0 Å². The molecule has 1 amide bonds. The van der Waals surface area contributed by atoms with Crippen LogP contribution in [0.3, 0.4) is 0 Å². The molecule has 1 aliphatic rings. The fraction of sp³-hybridized carbons (Fsp3) is 0.533. The van der Waals surface area contributed by atoms with E-state index in [1.165, 1.54) is 6.92 Å². The van der Waals surface area contributed by atoms with Crippen molar-refractivity contribution in [2.75, 3.05) is 17.6 Å². The summed E-state index contributed by atoms with van der Waals surface area (Å²) in [7, 11) is -2.91. The molecule has 0 aromatic heterocycles. The van der Waals surface area contributed by atoms with E-state index in [-0.39, 0.29) is 17.2 Å². The van der Waals surface area contributed by atoms with Gasteiger partial charge in [-0.1, -0.05) is 12.1 Å². The van der Waals surface area contributed by atoms with Crippen LogP contribution < -0.4 is 10.6 Å². The van der Waals surface area contributed by atoms with Gasteiger partial charge in [0.2, 0.25) is 5.91 Å². The van der Waals surface area contributed by atoms with E-state index in [2.05, 4.69) is 10.6 Å². The molecular weight excluding hydrogens is 288 g/mol. The van der Waals surface area contributed by atoms with Gasteiger partial charge in [0.25, 0.3) is 0 Å². The first-order chi connectivity index (χ1) is 9.88. The van der Waals surface area contributed by atoms with Crippen LogP contribution in [0.15, 0.2) is 24.3 Å². The molecule has 1 saturated heterocycles. The Morgan fingerprint density at radius 1 is 1.43 bits per heavy atom. The molecule has 1 aromatic carbocycles. The molecule has 5 nitrogen and oxygen atoms in total. The minimum atomic E-state index is -2.91. The third-order valence-corrected chi connectivity index (χ3v) is 6.10. The summed E-state index contributed by atoms with van der Waals surface area (Å²) in [5, 5.41) is 5.77. The van der Waals surface area contributed by atoms with E-state index >= 15 is 0 Å². The standard InChI is InChI=1S/C15H22N2O3S/c1-11(16-10-15-7-4-8-21(15,19)20)13-5-3-6-14(9-13)17-12(2)18/h3,5-6,9,11,15-16H,4,7-8,10H2,1-2H3,(H,17,18). The molecule has 0 aliphatic carbocycles.